The van der Waals surface area contributed by atoms with Crippen molar-refractivity contribution in [2.75, 3.05) is 6.54 Å². The van der Waals surface area contributed by atoms with Gasteiger partial charge in [-0.05, 0) is 17.7 Å². The largest absolute Gasteiger partial charge is 0.481 e. The first kappa shape index (κ1) is 15.1. The Balaban J connectivity index is 1.96. The molecular formula is C12H13N3O5S. The molecule has 0 aliphatic carbocycles. The van der Waals surface area contributed by atoms with Gasteiger partial charge in [-0.2, -0.15) is 4.98 Å². The molecule has 0 aliphatic rings. The van der Waals surface area contributed by atoms with Crippen LogP contribution in [0.1, 0.15) is 11.5 Å². The van der Waals surface area contributed by atoms with Crippen LogP contribution in [0.15, 0.2) is 40.0 Å². The SMILES string of the molecule is O=C(O)Cc1ccc(S(=O)(=O)NCCc2ncno2)cc1. The molecule has 1 aromatic heterocycles. The van der Waals surface area contributed by atoms with E-state index in [9.17, 15) is 13.2 Å². The molecule has 8 nitrogen and oxygen atoms in total. The first-order chi connectivity index (χ1) is 9.97. The van der Waals surface area contributed by atoms with Gasteiger partial charge in [0.15, 0.2) is 6.33 Å². The van der Waals surface area contributed by atoms with E-state index >= 15 is 0 Å². The summed E-state index contributed by atoms with van der Waals surface area (Å²) >= 11 is 0. The third kappa shape index (κ3) is 4.36. The smallest absolute Gasteiger partial charge is 0.307 e. The van der Waals surface area contributed by atoms with E-state index in [2.05, 4.69) is 14.9 Å². The molecule has 112 valence electrons. The Morgan fingerprint density at radius 1 is 1.29 bits per heavy atom. The molecule has 0 amide bonds. The van der Waals surface area contributed by atoms with Gasteiger partial charge >= 0.3 is 5.97 Å². The highest BCUT2D eigenvalue weighted by Gasteiger charge is 2.14. The molecule has 1 heterocycles. The third-order valence-electron chi connectivity index (χ3n) is 2.63. The van der Waals surface area contributed by atoms with Gasteiger partial charge in [0.05, 0.1) is 11.3 Å². The van der Waals surface area contributed by atoms with Crippen molar-refractivity contribution in [3.63, 3.8) is 0 Å². The van der Waals surface area contributed by atoms with Gasteiger partial charge < -0.3 is 9.63 Å². The number of carboxylic acids is 1. The normalized spacial score (nSPS) is 11.4. The van der Waals surface area contributed by atoms with Crippen molar-refractivity contribution in [1.29, 1.82) is 0 Å². The number of benzene rings is 1. The number of hydrogen-bond acceptors (Lipinski definition) is 6. The van der Waals surface area contributed by atoms with Crippen molar-refractivity contribution >= 4 is 16.0 Å². The zero-order valence-corrected chi connectivity index (χ0v) is 11.7. The van der Waals surface area contributed by atoms with Crippen LogP contribution in [-0.4, -0.2) is 36.2 Å². The van der Waals surface area contributed by atoms with E-state index in [4.69, 9.17) is 9.63 Å². The van der Waals surface area contributed by atoms with E-state index in [1.807, 2.05) is 0 Å². The average molecular weight is 311 g/mol. The summed E-state index contributed by atoms with van der Waals surface area (Å²) in [6, 6.07) is 5.68. The van der Waals surface area contributed by atoms with E-state index in [0.717, 1.165) is 0 Å². The summed E-state index contributed by atoms with van der Waals surface area (Å²) in [4.78, 5) is 14.4. The molecule has 0 saturated heterocycles. The van der Waals surface area contributed by atoms with Gasteiger partial charge in [0, 0.05) is 13.0 Å². The van der Waals surface area contributed by atoms with E-state index < -0.39 is 16.0 Å². The molecule has 0 saturated carbocycles. The number of carbonyl (C=O) groups is 1. The predicted octanol–water partition coefficient (Wildman–Crippen LogP) is 0.218. The van der Waals surface area contributed by atoms with Crippen molar-refractivity contribution in [1.82, 2.24) is 14.9 Å². The number of hydrogen-bond donors (Lipinski definition) is 2. The minimum absolute atomic E-state index is 0.0715. The van der Waals surface area contributed by atoms with Crippen molar-refractivity contribution in [2.45, 2.75) is 17.7 Å². The van der Waals surface area contributed by atoms with Crippen molar-refractivity contribution in [2.24, 2.45) is 0 Å². The molecule has 0 bridgehead atoms. The fraction of sp³-hybridized carbons (Fsp3) is 0.250. The third-order valence-corrected chi connectivity index (χ3v) is 4.10. The van der Waals surface area contributed by atoms with Crippen LogP contribution in [0.25, 0.3) is 0 Å². The lowest BCUT2D eigenvalue weighted by molar-refractivity contribution is -0.136. The van der Waals surface area contributed by atoms with Crippen LogP contribution in [-0.2, 0) is 27.7 Å². The molecular weight excluding hydrogens is 298 g/mol. The quantitative estimate of drug-likeness (QED) is 0.749. The predicted molar refractivity (Wildman–Crippen MR) is 71.0 cm³/mol. The maximum absolute atomic E-state index is 12.0. The lowest BCUT2D eigenvalue weighted by atomic mass is 10.2. The fourth-order valence-corrected chi connectivity index (χ4v) is 2.67. The van der Waals surface area contributed by atoms with Crippen LogP contribution in [0.2, 0.25) is 0 Å². The standard InChI is InChI=1S/C12H13N3O5S/c16-12(17)7-9-1-3-10(4-2-9)21(18,19)15-6-5-11-13-8-14-20-11/h1-4,8,15H,5-7H2,(H,16,17). The highest BCUT2D eigenvalue weighted by atomic mass is 32.2. The van der Waals surface area contributed by atoms with Gasteiger partial charge in [0.25, 0.3) is 0 Å². The molecule has 9 heteroatoms. The second kappa shape index (κ2) is 6.46. The topological polar surface area (TPSA) is 122 Å². The number of sulfonamides is 1. The van der Waals surface area contributed by atoms with Gasteiger partial charge in [-0.25, -0.2) is 13.1 Å². The summed E-state index contributed by atoms with van der Waals surface area (Å²) in [6.45, 7) is 0.126. The Morgan fingerprint density at radius 2 is 2.00 bits per heavy atom. The zero-order valence-electron chi connectivity index (χ0n) is 10.9. The Kier molecular flexibility index (Phi) is 4.66. The summed E-state index contributed by atoms with van der Waals surface area (Å²) < 4.78 is 31.2. The Morgan fingerprint density at radius 3 is 2.57 bits per heavy atom. The van der Waals surface area contributed by atoms with E-state index in [1.54, 1.807) is 0 Å². The van der Waals surface area contributed by atoms with E-state index in [-0.39, 0.29) is 24.3 Å². The first-order valence-corrected chi connectivity index (χ1v) is 7.51. The summed E-state index contributed by atoms with van der Waals surface area (Å²) in [5.74, 6) is -0.627. The number of nitrogens with zero attached hydrogens (tertiary/aromatic N) is 2. The molecule has 1 aromatic carbocycles. The Hall–Kier alpha value is -2.26. The molecule has 21 heavy (non-hydrogen) atoms. The Bertz CT molecular complexity index is 695. The lowest BCUT2D eigenvalue weighted by Gasteiger charge is -2.06. The molecule has 2 rings (SSSR count). The maximum Gasteiger partial charge on any atom is 0.307 e. The minimum atomic E-state index is -3.65. The second-order valence-electron chi connectivity index (χ2n) is 4.20. The Labute approximate surface area is 120 Å². The number of rotatable bonds is 7. The van der Waals surface area contributed by atoms with Crippen LogP contribution in [0, 0.1) is 0 Å². The van der Waals surface area contributed by atoms with Crippen molar-refractivity contribution < 1.29 is 22.8 Å². The zero-order chi connectivity index (χ0) is 15.3. The summed E-state index contributed by atoms with van der Waals surface area (Å²) in [7, 11) is -3.65. The molecule has 2 N–H and O–H groups in total. The molecule has 0 atom stereocenters. The van der Waals surface area contributed by atoms with Crippen LogP contribution >= 0.6 is 0 Å². The lowest BCUT2D eigenvalue weighted by Crippen LogP contribution is -2.26. The molecule has 0 unspecified atom stereocenters. The van der Waals surface area contributed by atoms with Gasteiger partial charge in [0.2, 0.25) is 15.9 Å². The molecule has 0 radical (unpaired) electrons. The summed E-state index contributed by atoms with van der Waals surface area (Å²) in [5, 5.41) is 12.1. The minimum Gasteiger partial charge on any atom is -0.481 e. The summed E-state index contributed by atoms with van der Waals surface area (Å²) in [5.41, 5.74) is 0.535. The van der Waals surface area contributed by atoms with Crippen molar-refractivity contribution in [3.05, 3.63) is 42.0 Å². The van der Waals surface area contributed by atoms with Gasteiger partial charge in [-0.3, -0.25) is 4.79 Å². The number of aliphatic carboxylic acids is 1. The number of nitrogens with one attached hydrogen (secondary N) is 1. The molecule has 2 aromatic rings. The van der Waals surface area contributed by atoms with Gasteiger partial charge in [-0.15, -0.1) is 0 Å². The highest BCUT2D eigenvalue weighted by molar-refractivity contribution is 7.89. The molecule has 0 spiro atoms. The first-order valence-electron chi connectivity index (χ1n) is 6.03. The fourth-order valence-electron chi connectivity index (χ4n) is 1.64. The van der Waals surface area contributed by atoms with Gasteiger partial charge in [0.1, 0.15) is 0 Å². The van der Waals surface area contributed by atoms with Crippen LogP contribution in [0.3, 0.4) is 0 Å². The molecule has 0 aliphatic heterocycles. The monoisotopic (exact) mass is 311 g/mol. The second-order valence-corrected chi connectivity index (χ2v) is 5.96. The average Bonchev–Trinajstić information content (AvgIpc) is 2.91. The van der Waals surface area contributed by atoms with Crippen molar-refractivity contribution in [3.8, 4) is 0 Å². The van der Waals surface area contributed by atoms with Crippen LogP contribution < -0.4 is 4.72 Å². The highest BCUT2D eigenvalue weighted by Crippen LogP contribution is 2.11. The number of aromatic nitrogens is 2. The summed E-state index contributed by atoms with van der Waals surface area (Å²) in [6.07, 6.45) is 1.38. The van der Waals surface area contributed by atoms with E-state index in [1.165, 1.54) is 30.6 Å². The number of carboxylic acid groups (broad SMARTS) is 1. The van der Waals surface area contributed by atoms with Gasteiger partial charge in [-0.1, -0.05) is 17.3 Å². The molecule has 0 fully saturated rings. The van der Waals surface area contributed by atoms with Crippen LogP contribution in [0.4, 0.5) is 0 Å². The maximum atomic E-state index is 12.0. The van der Waals surface area contributed by atoms with E-state index in [0.29, 0.717) is 11.5 Å². The van der Waals surface area contributed by atoms with Crippen LogP contribution in [0.5, 0.6) is 0 Å².